The lowest BCUT2D eigenvalue weighted by Crippen LogP contribution is -2.28. The number of hydrogen-bond donors (Lipinski definition) is 3. The fraction of sp³-hybridized carbons (Fsp3) is 0.625. The first kappa shape index (κ1) is 10.2. The van der Waals surface area contributed by atoms with Gasteiger partial charge in [0.15, 0.2) is 5.76 Å². The number of aliphatic hydroxyl groups excluding tert-OH is 2. The maximum absolute atomic E-state index is 8.98. The molecule has 0 aromatic carbocycles. The molecule has 0 saturated heterocycles. The summed E-state index contributed by atoms with van der Waals surface area (Å²) in [5.41, 5.74) is 0.833. The Labute approximate surface area is 76.4 Å². The van der Waals surface area contributed by atoms with Crippen molar-refractivity contribution in [3.63, 3.8) is 0 Å². The first-order chi connectivity index (χ1) is 6.22. The van der Waals surface area contributed by atoms with Crippen LogP contribution >= 0.6 is 0 Å². The van der Waals surface area contributed by atoms with Gasteiger partial charge in [-0.1, -0.05) is 5.16 Å². The van der Waals surface area contributed by atoms with E-state index in [1.54, 1.807) is 0 Å². The Morgan fingerprint density at radius 2 is 2.46 bits per heavy atom. The Hall–Kier alpha value is -0.910. The van der Waals surface area contributed by atoms with Crippen LogP contribution in [0.3, 0.4) is 0 Å². The van der Waals surface area contributed by atoms with Gasteiger partial charge in [-0.15, -0.1) is 0 Å². The minimum Gasteiger partial charge on any atom is -0.394 e. The maximum Gasteiger partial charge on any atom is 0.150 e. The Kier molecular flexibility index (Phi) is 3.88. The molecule has 0 aliphatic heterocycles. The van der Waals surface area contributed by atoms with E-state index in [1.165, 1.54) is 0 Å². The zero-order valence-corrected chi connectivity index (χ0v) is 7.53. The molecular weight excluding hydrogens is 172 g/mol. The highest BCUT2D eigenvalue weighted by Gasteiger charge is 2.03. The molecule has 0 aliphatic rings. The molecule has 0 amide bonds. The Balaban J connectivity index is 2.20. The van der Waals surface area contributed by atoms with E-state index < -0.39 is 6.10 Å². The molecule has 5 nitrogen and oxygen atoms in total. The fourth-order valence-electron chi connectivity index (χ4n) is 0.926. The van der Waals surface area contributed by atoms with E-state index in [4.69, 9.17) is 14.7 Å². The summed E-state index contributed by atoms with van der Waals surface area (Å²) in [5.74, 6) is 0.725. The van der Waals surface area contributed by atoms with Gasteiger partial charge in [0.05, 0.1) is 24.9 Å². The van der Waals surface area contributed by atoms with Crippen molar-refractivity contribution in [3.8, 4) is 0 Å². The summed E-state index contributed by atoms with van der Waals surface area (Å²) in [6.07, 6.45) is -0.719. The molecule has 1 aromatic rings. The predicted octanol–water partition coefficient (Wildman–Crippen LogP) is -0.574. The molecule has 0 aliphatic carbocycles. The minimum absolute atomic E-state index is 0.234. The average molecular weight is 186 g/mol. The van der Waals surface area contributed by atoms with E-state index in [-0.39, 0.29) is 6.61 Å². The van der Waals surface area contributed by atoms with E-state index in [0.717, 1.165) is 11.5 Å². The van der Waals surface area contributed by atoms with Crippen LogP contribution in [-0.4, -0.2) is 34.6 Å². The lowest BCUT2D eigenvalue weighted by molar-refractivity contribution is 0.0936. The average Bonchev–Trinajstić information content (AvgIpc) is 2.51. The summed E-state index contributed by atoms with van der Waals surface area (Å²) < 4.78 is 4.92. The Morgan fingerprint density at radius 3 is 3.00 bits per heavy atom. The highest BCUT2D eigenvalue weighted by atomic mass is 16.5. The number of aryl methyl sites for hydroxylation is 1. The van der Waals surface area contributed by atoms with Crippen LogP contribution in [0.2, 0.25) is 0 Å². The molecule has 1 heterocycles. The van der Waals surface area contributed by atoms with E-state index in [2.05, 4.69) is 10.5 Å². The number of aliphatic hydroxyl groups is 2. The third kappa shape index (κ3) is 3.54. The quantitative estimate of drug-likeness (QED) is 0.573. The summed E-state index contributed by atoms with van der Waals surface area (Å²) in [6, 6.07) is 1.82. The van der Waals surface area contributed by atoms with Gasteiger partial charge in [0, 0.05) is 12.6 Å². The summed E-state index contributed by atoms with van der Waals surface area (Å²) in [7, 11) is 0. The zero-order chi connectivity index (χ0) is 9.68. The summed E-state index contributed by atoms with van der Waals surface area (Å²) in [6.45, 7) is 2.46. The molecule has 5 heteroatoms. The van der Waals surface area contributed by atoms with Gasteiger partial charge in [-0.05, 0) is 6.92 Å². The third-order valence-electron chi connectivity index (χ3n) is 1.57. The maximum atomic E-state index is 8.98. The topological polar surface area (TPSA) is 78.5 Å². The lowest BCUT2D eigenvalue weighted by atomic mass is 10.3. The molecule has 0 spiro atoms. The minimum atomic E-state index is -0.719. The molecule has 74 valence electrons. The highest BCUT2D eigenvalue weighted by Crippen LogP contribution is 2.00. The number of aromatic nitrogens is 1. The van der Waals surface area contributed by atoms with Crippen LogP contribution in [0.4, 0.5) is 0 Å². The van der Waals surface area contributed by atoms with Crippen LogP contribution in [0, 0.1) is 6.92 Å². The van der Waals surface area contributed by atoms with Crippen LogP contribution in [0.15, 0.2) is 10.6 Å². The van der Waals surface area contributed by atoms with Gasteiger partial charge in [-0.2, -0.15) is 0 Å². The summed E-state index contributed by atoms with van der Waals surface area (Å²) in [5, 5.41) is 24.1. The van der Waals surface area contributed by atoms with Crippen molar-refractivity contribution in [2.45, 2.75) is 19.6 Å². The molecule has 1 rings (SSSR count). The molecule has 0 fully saturated rings. The number of nitrogens with one attached hydrogen (secondary N) is 1. The second kappa shape index (κ2) is 4.96. The van der Waals surface area contributed by atoms with Gasteiger partial charge in [-0.25, -0.2) is 0 Å². The molecule has 0 bridgehead atoms. The first-order valence-electron chi connectivity index (χ1n) is 4.14. The van der Waals surface area contributed by atoms with Crippen molar-refractivity contribution in [2.75, 3.05) is 13.2 Å². The van der Waals surface area contributed by atoms with E-state index in [0.29, 0.717) is 13.1 Å². The smallest absolute Gasteiger partial charge is 0.150 e. The van der Waals surface area contributed by atoms with Crippen LogP contribution in [0.25, 0.3) is 0 Å². The SMILES string of the molecule is Cc1cc(CNCC(O)CO)on1. The van der Waals surface area contributed by atoms with E-state index in [1.807, 2.05) is 13.0 Å². The van der Waals surface area contributed by atoms with Crippen LogP contribution in [0.5, 0.6) is 0 Å². The van der Waals surface area contributed by atoms with Crippen molar-refractivity contribution in [1.29, 1.82) is 0 Å². The molecule has 3 N–H and O–H groups in total. The molecule has 13 heavy (non-hydrogen) atoms. The molecule has 1 unspecified atom stereocenters. The van der Waals surface area contributed by atoms with Gasteiger partial charge in [0.2, 0.25) is 0 Å². The van der Waals surface area contributed by atoms with Crippen LogP contribution in [0.1, 0.15) is 11.5 Å². The van der Waals surface area contributed by atoms with Crippen molar-refractivity contribution >= 4 is 0 Å². The number of rotatable bonds is 5. The molecule has 1 aromatic heterocycles. The monoisotopic (exact) mass is 186 g/mol. The van der Waals surface area contributed by atoms with Gasteiger partial charge in [0.1, 0.15) is 0 Å². The van der Waals surface area contributed by atoms with Crippen molar-refractivity contribution in [3.05, 3.63) is 17.5 Å². The van der Waals surface area contributed by atoms with Gasteiger partial charge in [0.25, 0.3) is 0 Å². The molecule has 0 radical (unpaired) electrons. The summed E-state index contributed by atoms with van der Waals surface area (Å²) in [4.78, 5) is 0. The first-order valence-corrected chi connectivity index (χ1v) is 4.14. The Morgan fingerprint density at radius 1 is 1.69 bits per heavy atom. The van der Waals surface area contributed by atoms with Crippen molar-refractivity contribution < 1.29 is 14.7 Å². The van der Waals surface area contributed by atoms with E-state index >= 15 is 0 Å². The summed E-state index contributed by atoms with van der Waals surface area (Å²) >= 11 is 0. The van der Waals surface area contributed by atoms with Gasteiger partial charge < -0.3 is 20.1 Å². The zero-order valence-electron chi connectivity index (χ0n) is 7.53. The van der Waals surface area contributed by atoms with Crippen LogP contribution in [-0.2, 0) is 6.54 Å². The van der Waals surface area contributed by atoms with Crippen molar-refractivity contribution in [1.82, 2.24) is 10.5 Å². The van der Waals surface area contributed by atoms with Gasteiger partial charge in [-0.3, -0.25) is 0 Å². The lowest BCUT2D eigenvalue weighted by Gasteiger charge is -2.06. The number of hydrogen-bond acceptors (Lipinski definition) is 5. The van der Waals surface area contributed by atoms with Crippen molar-refractivity contribution in [2.24, 2.45) is 0 Å². The largest absolute Gasteiger partial charge is 0.394 e. The van der Waals surface area contributed by atoms with Crippen LogP contribution < -0.4 is 5.32 Å². The number of nitrogens with zero attached hydrogens (tertiary/aromatic N) is 1. The Bertz CT molecular complexity index is 249. The molecule has 1 atom stereocenters. The fourth-order valence-corrected chi connectivity index (χ4v) is 0.926. The normalized spacial score (nSPS) is 13.2. The van der Waals surface area contributed by atoms with Gasteiger partial charge >= 0.3 is 0 Å². The second-order valence-corrected chi connectivity index (χ2v) is 2.90. The molecule has 0 saturated carbocycles. The van der Waals surface area contributed by atoms with E-state index in [9.17, 15) is 0 Å². The third-order valence-corrected chi connectivity index (χ3v) is 1.57. The predicted molar refractivity (Wildman–Crippen MR) is 46.0 cm³/mol. The highest BCUT2D eigenvalue weighted by molar-refractivity contribution is 5.02. The molecular formula is C8H14N2O3. The standard InChI is InChI=1S/C8H14N2O3/c1-6-2-8(13-10-6)4-9-3-7(12)5-11/h2,7,9,11-12H,3-5H2,1H3. The second-order valence-electron chi connectivity index (χ2n) is 2.90.